The molecule has 1 aliphatic rings. The molecule has 3 rings (SSSR count). The molecule has 2 amide bonds. The minimum absolute atomic E-state index is 0.222. The zero-order chi connectivity index (χ0) is 18.7. The molecule has 2 aromatic carbocycles. The minimum Gasteiger partial charge on any atom is -0.376 e. The maximum Gasteiger partial charge on any atom is 0.261 e. The van der Waals surface area contributed by atoms with Crippen molar-refractivity contribution < 1.29 is 19.8 Å². The number of fused-ring (bicyclic) bond motifs is 1. The van der Waals surface area contributed by atoms with Gasteiger partial charge in [-0.3, -0.25) is 14.5 Å². The Bertz CT molecular complexity index is 765. The topological polar surface area (TPSA) is 81.1 Å². The summed E-state index contributed by atoms with van der Waals surface area (Å²) in [5.74, 6) is -0.471. The van der Waals surface area contributed by atoms with E-state index in [4.69, 9.17) is 0 Å². The van der Waals surface area contributed by atoms with Crippen molar-refractivity contribution in [2.75, 3.05) is 18.4 Å². The largest absolute Gasteiger partial charge is 0.376 e. The normalized spacial score (nSPS) is 14.5. The third kappa shape index (κ3) is 3.21. The van der Waals surface area contributed by atoms with Crippen LogP contribution in [0.2, 0.25) is 0 Å². The van der Waals surface area contributed by atoms with Gasteiger partial charge in [0.25, 0.3) is 11.8 Å². The number of aliphatic hydroxyl groups excluding tert-OH is 2. The van der Waals surface area contributed by atoms with Crippen molar-refractivity contribution in [1.29, 1.82) is 0 Å². The molecule has 0 bridgehead atoms. The van der Waals surface area contributed by atoms with Crippen LogP contribution in [0.3, 0.4) is 0 Å². The van der Waals surface area contributed by atoms with Crippen LogP contribution in [0.1, 0.15) is 39.6 Å². The fraction of sp³-hybridized carbons (Fsp3) is 0.300. The molecular weight excluding hydrogens is 332 g/mol. The Labute approximate surface area is 152 Å². The SMILES string of the molecule is CCC(Cc1ccc(N(CO)CO)cc1)N1C(=O)c2ccccc2C1=O. The van der Waals surface area contributed by atoms with Crippen LogP contribution in [0.25, 0.3) is 0 Å². The molecule has 1 unspecified atom stereocenters. The molecule has 1 atom stereocenters. The third-order valence-corrected chi connectivity index (χ3v) is 4.78. The molecule has 0 aliphatic carbocycles. The van der Waals surface area contributed by atoms with Crippen molar-refractivity contribution >= 4 is 17.5 Å². The predicted molar refractivity (Wildman–Crippen MR) is 97.8 cm³/mol. The highest BCUT2D eigenvalue weighted by Gasteiger charge is 2.38. The monoisotopic (exact) mass is 354 g/mol. The lowest BCUT2D eigenvalue weighted by Crippen LogP contribution is -2.40. The second-order valence-corrected chi connectivity index (χ2v) is 6.28. The zero-order valence-corrected chi connectivity index (χ0v) is 14.6. The van der Waals surface area contributed by atoms with Crippen LogP contribution in [-0.2, 0) is 6.42 Å². The summed E-state index contributed by atoms with van der Waals surface area (Å²) in [7, 11) is 0. The summed E-state index contributed by atoms with van der Waals surface area (Å²) in [5.41, 5.74) is 2.61. The molecule has 0 aromatic heterocycles. The number of aliphatic hydroxyl groups is 2. The van der Waals surface area contributed by atoms with E-state index in [1.54, 1.807) is 36.4 Å². The Morgan fingerprint density at radius 2 is 1.46 bits per heavy atom. The minimum atomic E-state index is -0.275. The van der Waals surface area contributed by atoms with Gasteiger partial charge in [0.1, 0.15) is 13.5 Å². The van der Waals surface area contributed by atoms with Crippen molar-refractivity contribution in [1.82, 2.24) is 4.90 Å². The number of rotatable bonds is 7. The highest BCUT2D eigenvalue weighted by atomic mass is 16.3. The Balaban J connectivity index is 1.78. The van der Waals surface area contributed by atoms with Crippen LogP contribution < -0.4 is 4.90 Å². The summed E-state index contributed by atoms with van der Waals surface area (Å²) >= 11 is 0. The van der Waals surface area contributed by atoms with Gasteiger partial charge < -0.3 is 15.1 Å². The van der Waals surface area contributed by atoms with E-state index in [1.807, 2.05) is 19.1 Å². The van der Waals surface area contributed by atoms with E-state index >= 15 is 0 Å². The first-order chi connectivity index (χ1) is 12.6. The number of imide groups is 1. The molecule has 0 spiro atoms. The number of nitrogens with zero attached hydrogens (tertiary/aromatic N) is 2. The number of carbonyl (C=O) groups excluding carboxylic acids is 2. The lowest BCUT2D eigenvalue weighted by atomic mass is 10.0. The van der Waals surface area contributed by atoms with Gasteiger partial charge in [-0.2, -0.15) is 0 Å². The second-order valence-electron chi connectivity index (χ2n) is 6.28. The smallest absolute Gasteiger partial charge is 0.261 e. The van der Waals surface area contributed by atoms with Crippen LogP contribution in [0.4, 0.5) is 5.69 Å². The molecule has 0 radical (unpaired) electrons. The molecule has 0 saturated carbocycles. The van der Waals surface area contributed by atoms with Gasteiger partial charge in [0.05, 0.1) is 11.1 Å². The maximum atomic E-state index is 12.7. The van der Waals surface area contributed by atoms with E-state index in [2.05, 4.69) is 0 Å². The lowest BCUT2D eigenvalue weighted by molar-refractivity contribution is 0.0579. The summed E-state index contributed by atoms with van der Waals surface area (Å²) < 4.78 is 0. The van der Waals surface area contributed by atoms with Gasteiger partial charge in [-0.05, 0) is 42.7 Å². The lowest BCUT2D eigenvalue weighted by Gasteiger charge is -2.25. The van der Waals surface area contributed by atoms with Gasteiger partial charge in [0, 0.05) is 11.7 Å². The number of anilines is 1. The zero-order valence-electron chi connectivity index (χ0n) is 14.6. The van der Waals surface area contributed by atoms with E-state index in [9.17, 15) is 19.8 Å². The number of amides is 2. The van der Waals surface area contributed by atoms with Gasteiger partial charge in [0.15, 0.2) is 0 Å². The van der Waals surface area contributed by atoms with E-state index in [1.165, 1.54) is 9.80 Å². The average Bonchev–Trinajstić information content (AvgIpc) is 2.93. The van der Waals surface area contributed by atoms with Crippen LogP contribution in [-0.4, -0.2) is 46.4 Å². The van der Waals surface area contributed by atoms with E-state index in [0.717, 1.165) is 5.56 Å². The molecule has 0 fully saturated rings. The number of carbonyl (C=O) groups is 2. The number of hydrogen-bond acceptors (Lipinski definition) is 5. The van der Waals surface area contributed by atoms with Crippen LogP contribution in [0.15, 0.2) is 48.5 Å². The summed E-state index contributed by atoms with van der Waals surface area (Å²) in [6.07, 6.45) is 1.22. The fourth-order valence-electron chi connectivity index (χ4n) is 3.28. The predicted octanol–water partition coefficient (Wildman–Crippen LogP) is 2.01. The Kier molecular flexibility index (Phi) is 5.35. The van der Waals surface area contributed by atoms with Crippen molar-refractivity contribution in [2.45, 2.75) is 25.8 Å². The van der Waals surface area contributed by atoms with Crippen LogP contribution in [0.5, 0.6) is 0 Å². The quantitative estimate of drug-likeness (QED) is 0.587. The molecule has 0 saturated heterocycles. The molecule has 26 heavy (non-hydrogen) atoms. The highest BCUT2D eigenvalue weighted by molar-refractivity contribution is 6.21. The third-order valence-electron chi connectivity index (χ3n) is 4.78. The second kappa shape index (κ2) is 7.68. The van der Waals surface area contributed by atoms with Crippen molar-refractivity contribution in [3.05, 3.63) is 65.2 Å². The first kappa shape index (κ1) is 18.1. The fourth-order valence-corrected chi connectivity index (χ4v) is 3.28. The molecule has 136 valence electrons. The van der Waals surface area contributed by atoms with E-state index < -0.39 is 0 Å². The number of benzene rings is 2. The van der Waals surface area contributed by atoms with Gasteiger partial charge >= 0.3 is 0 Å². The van der Waals surface area contributed by atoms with Crippen molar-refractivity contribution in [3.8, 4) is 0 Å². The standard InChI is InChI=1S/C20H22N2O4/c1-2-15(11-14-7-9-16(10-8-14)21(12-23)13-24)22-19(25)17-5-3-4-6-18(17)20(22)26/h3-10,15,23-24H,2,11-13H2,1H3. The molecule has 2 N–H and O–H groups in total. The van der Waals surface area contributed by atoms with E-state index in [-0.39, 0.29) is 31.3 Å². The Morgan fingerprint density at radius 3 is 1.92 bits per heavy atom. The van der Waals surface area contributed by atoms with Crippen LogP contribution in [0, 0.1) is 0 Å². The molecule has 1 heterocycles. The van der Waals surface area contributed by atoms with Crippen molar-refractivity contribution in [2.24, 2.45) is 0 Å². The number of hydrogen-bond donors (Lipinski definition) is 2. The summed E-state index contributed by atoms with van der Waals surface area (Å²) in [6.45, 7) is 1.41. The van der Waals surface area contributed by atoms with E-state index in [0.29, 0.717) is 29.7 Å². The molecule has 6 nitrogen and oxygen atoms in total. The van der Waals surface area contributed by atoms with Gasteiger partial charge in [0.2, 0.25) is 0 Å². The summed E-state index contributed by atoms with van der Waals surface area (Å²) in [4.78, 5) is 28.1. The summed E-state index contributed by atoms with van der Waals surface area (Å²) in [5, 5.41) is 18.4. The molecule has 1 aliphatic heterocycles. The molecular formula is C20H22N2O4. The van der Waals surface area contributed by atoms with Gasteiger partial charge in [-0.1, -0.05) is 31.2 Å². The Hall–Kier alpha value is -2.70. The molecule has 6 heteroatoms. The highest BCUT2D eigenvalue weighted by Crippen LogP contribution is 2.27. The molecule has 2 aromatic rings. The first-order valence-corrected chi connectivity index (χ1v) is 8.63. The summed E-state index contributed by atoms with van der Waals surface area (Å²) in [6, 6.07) is 14.1. The van der Waals surface area contributed by atoms with Gasteiger partial charge in [-0.25, -0.2) is 0 Å². The Morgan fingerprint density at radius 1 is 0.923 bits per heavy atom. The first-order valence-electron chi connectivity index (χ1n) is 8.63. The van der Waals surface area contributed by atoms with Crippen LogP contribution >= 0.6 is 0 Å². The maximum absolute atomic E-state index is 12.7. The average molecular weight is 354 g/mol. The van der Waals surface area contributed by atoms with Gasteiger partial charge in [-0.15, -0.1) is 0 Å². The van der Waals surface area contributed by atoms with Crippen molar-refractivity contribution in [3.63, 3.8) is 0 Å².